The zero-order chi connectivity index (χ0) is 31.0. The van der Waals surface area contributed by atoms with Gasteiger partial charge in [-0.25, -0.2) is 13.4 Å². The molecular weight excluding hydrogens is 587 g/mol. The first-order valence-corrected chi connectivity index (χ1v) is 16.4. The smallest absolute Gasteiger partial charge is 0.210 e. The fraction of sp³-hybridized carbons (Fsp3) is 0. The van der Waals surface area contributed by atoms with Gasteiger partial charge in [-0.05, 0) is 80.2 Å². The van der Waals surface area contributed by atoms with Gasteiger partial charge >= 0.3 is 0 Å². The molecule has 5 nitrogen and oxygen atoms in total. The van der Waals surface area contributed by atoms with Crippen molar-refractivity contribution in [3.05, 3.63) is 145 Å². The van der Waals surface area contributed by atoms with Gasteiger partial charge in [-0.3, -0.25) is 4.57 Å². The van der Waals surface area contributed by atoms with Gasteiger partial charge in [-0.15, -0.1) is 0 Å². The van der Waals surface area contributed by atoms with Crippen molar-refractivity contribution in [1.29, 1.82) is 5.26 Å². The minimum absolute atomic E-state index is 0.254. The molecule has 0 N–H and O–H groups in total. The molecule has 0 saturated carbocycles. The molecule has 9 rings (SSSR count). The Morgan fingerprint density at radius 2 is 1.15 bits per heavy atom. The first-order valence-electron chi connectivity index (χ1n) is 15.0. The molecule has 0 unspecified atom stereocenters. The summed E-state index contributed by atoms with van der Waals surface area (Å²) in [7, 11) is -3.86. The largest absolute Gasteiger partial charge is 0.290 e. The summed E-state index contributed by atoms with van der Waals surface area (Å²) in [6.45, 7) is 0. The average molecular weight is 610 g/mol. The van der Waals surface area contributed by atoms with Crippen LogP contribution in [-0.4, -0.2) is 18.0 Å². The van der Waals surface area contributed by atoms with Gasteiger partial charge in [0.25, 0.3) is 0 Å². The maximum atomic E-state index is 14.4. The number of hydrogen-bond donors (Lipinski definition) is 0. The summed E-state index contributed by atoms with van der Waals surface area (Å²) in [6, 6.07) is 47.3. The van der Waals surface area contributed by atoms with Crippen LogP contribution in [0.5, 0.6) is 0 Å². The van der Waals surface area contributed by atoms with Crippen LogP contribution in [0, 0.1) is 11.3 Å². The lowest BCUT2D eigenvalue weighted by Crippen LogP contribution is -2.15. The highest BCUT2D eigenvalue weighted by Gasteiger charge is 2.34. The predicted molar refractivity (Wildman–Crippen MR) is 183 cm³/mol. The van der Waals surface area contributed by atoms with Crippen molar-refractivity contribution in [2.45, 2.75) is 9.79 Å². The third-order valence-corrected chi connectivity index (χ3v) is 10.8. The van der Waals surface area contributed by atoms with Crippen molar-refractivity contribution in [1.82, 2.24) is 9.55 Å². The molecule has 216 valence electrons. The number of fused-ring (bicyclic) bond motifs is 4. The molecule has 0 saturated heterocycles. The molecular formula is C40H23N3O2S. The molecule has 6 heteroatoms. The van der Waals surface area contributed by atoms with E-state index in [-0.39, 0.29) is 9.79 Å². The molecule has 1 aromatic heterocycles. The summed E-state index contributed by atoms with van der Waals surface area (Å²) in [5, 5.41) is 13.5. The number of benzene rings is 7. The molecule has 46 heavy (non-hydrogen) atoms. The maximum absolute atomic E-state index is 14.4. The van der Waals surface area contributed by atoms with Gasteiger partial charge in [0.1, 0.15) is 5.82 Å². The van der Waals surface area contributed by atoms with Crippen LogP contribution in [-0.2, 0) is 9.84 Å². The highest BCUT2D eigenvalue weighted by molar-refractivity contribution is 7.92. The Hall–Kier alpha value is -6.03. The molecule has 1 aliphatic rings. The number of imidazole rings is 1. The monoisotopic (exact) mass is 609 g/mol. The van der Waals surface area contributed by atoms with Crippen molar-refractivity contribution in [2.24, 2.45) is 0 Å². The lowest BCUT2D eigenvalue weighted by molar-refractivity contribution is 0.594. The molecule has 0 aliphatic carbocycles. The molecule has 8 aromatic rings. The van der Waals surface area contributed by atoms with E-state index in [1.54, 1.807) is 12.1 Å². The van der Waals surface area contributed by atoms with Crippen molar-refractivity contribution in [2.75, 3.05) is 0 Å². The van der Waals surface area contributed by atoms with Crippen LogP contribution >= 0.6 is 0 Å². The summed E-state index contributed by atoms with van der Waals surface area (Å²) < 4.78 is 30.7. The number of para-hydroxylation sites is 1. The van der Waals surface area contributed by atoms with Crippen LogP contribution in [0.2, 0.25) is 0 Å². The Morgan fingerprint density at radius 3 is 1.78 bits per heavy atom. The van der Waals surface area contributed by atoms with Crippen LogP contribution in [0.25, 0.3) is 71.9 Å². The number of hydrogen-bond acceptors (Lipinski definition) is 4. The Labute approximate surface area is 265 Å². The summed E-state index contributed by atoms with van der Waals surface area (Å²) in [4.78, 5) is 5.43. The first kappa shape index (κ1) is 26.4. The molecule has 0 radical (unpaired) electrons. The molecule has 0 bridgehead atoms. The van der Waals surface area contributed by atoms with Gasteiger partial charge < -0.3 is 0 Å². The number of aromatic nitrogens is 2. The Balaban J connectivity index is 1.35. The molecule has 0 amide bonds. The van der Waals surface area contributed by atoms with Gasteiger partial charge in [-0.2, -0.15) is 5.26 Å². The number of nitriles is 1. The molecule has 0 spiro atoms. The van der Waals surface area contributed by atoms with Gasteiger partial charge in [0.05, 0.1) is 38.1 Å². The average Bonchev–Trinajstić information content (AvgIpc) is 3.50. The number of sulfone groups is 1. The van der Waals surface area contributed by atoms with E-state index in [1.165, 1.54) is 0 Å². The van der Waals surface area contributed by atoms with Crippen LogP contribution in [0.1, 0.15) is 5.56 Å². The molecule has 7 aromatic carbocycles. The molecule has 1 aliphatic heterocycles. The van der Waals surface area contributed by atoms with Crippen molar-refractivity contribution in [3.63, 3.8) is 0 Å². The normalized spacial score (nSPS) is 13.1. The lowest BCUT2D eigenvalue weighted by atomic mass is 9.86. The van der Waals surface area contributed by atoms with Crippen LogP contribution in [0.15, 0.2) is 149 Å². The lowest BCUT2D eigenvalue weighted by Gasteiger charge is -2.23. The van der Waals surface area contributed by atoms with E-state index in [1.807, 2.05) is 108 Å². The Kier molecular flexibility index (Phi) is 5.58. The SMILES string of the molecule is N#Cc1ccc(-c2c3ccccc3c(-c3ccc4c(c3)S(=O)(=O)c3cccc5nc(-c6ccccc6)n-4c35)c3ccccc23)cc1. The summed E-state index contributed by atoms with van der Waals surface area (Å²) in [6.07, 6.45) is 0. The fourth-order valence-electron chi connectivity index (χ4n) is 6.98. The van der Waals surface area contributed by atoms with Crippen molar-refractivity contribution in [3.8, 4) is 45.4 Å². The minimum atomic E-state index is -3.86. The third kappa shape index (κ3) is 3.67. The summed E-state index contributed by atoms with van der Waals surface area (Å²) in [5.41, 5.74) is 7.23. The predicted octanol–water partition coefficient (Wildman–Crippen LogP) is 9.35. The van der Waals surface area contributed by atoms with E-state index in [2.05, 4.69) is 30.3 Å². The Morgan fingerprint density at radius 1 is 0.565 bits per heavy atom. The summed E-state index contributed by atoms with van der Waals surface area (Å²) >= 11 is 0. The molecule has 0 fully saturated rings. The zero-order valence-electron chi connectivity index (χ0n) is 24.3. The second-order valence-electron chi connectivity index (χ2n) is 11.5. The maximum Gasteiger partial charge on any atom is 0.210 e. The van der Waals surface area contributed by atoms with Crippen LogP contribution in [0.3, 0.4) is 0 Å². The fourth-order valence-corrected chi connectivity index (χ4v) is 8.64. The highest BCUT2D eigenvalue weighted by atomic mass is 32.2. The molecule has 2 heterocycles. The van der Waals surface area contributed by atoms with Gasteiger partial charge in [0.15, 0.2) is 0 Å². The highest BCUT2D eigenvalue weighted by Crippen LogP contribution is 2.47. The number of nitrogens with zero attached hydrogens (tertiary/aromatic N) is 3. The van der Waals surface area contributed by atoms with Crippen LogP contribution in [0.4, 0.5) is 0 Å². The first-order chi connectivity index (χ1) is 22.5. The van der Waals surface area contributed by atoms with E-state index >= 15 is 0 Å². The zero-order valence-corrected chi connectivity index (χ0v) is 25.2. The van der Waals surface area contributed by atoms with E-state index in [9.17, 15) is 13.7 Å². The van der Waals surface area contributed by atoms with Crippen LogP contribution < -0.4 is 0 Å². The standard InChI is InChI=1S/C40H23N3O2S/c41-24-25-17-19-26(20-18-25)37-29-11-4-6-13-31(29)38(32-14-7-5-12-30(32)37)28-21-22-34-36(23-28)46(44,45)35-16-8-15-33-39(35)43(34)40(42-33)27-9-2-1-3-10-27/h1-23H. The van der Waals surface area contributed by atoms with Crippen molar-refractivity contribution < 1.29 is 8.42 Å². The van der Waals surface area contributed by atoms with Gasteiger partial charge in [-0.1, -0.05) is 103 Å². The number of rotatable bonds is 3. The summed E-state index contributed by atoms with van der Waals surface area (Å²) in [5.74, 6) is 0.703. The quantitative estimate of drug-likeness (QED) is 0.187. The van der Waals surface area contributed by atoms with Crippen molar-refractivity contribution >= 4 is 42.4 Å². The minimum Gasteiger partial charge on any atom is -0.290 e. The topological polar surface area (TPSA) is 75.8 Å². The van der Waals surface area contributed by atoms with E-state index in [0.29, 0.717) is 28.1 Å². The molecule has 0 atom stereocenters. The van der Waals surface area contributed by atoms with E-state index < -0.39 is 9.84 Å². The third-order valence-electron chi connectivity index (χ3n) is 8.97. The Bertz CT molecular complexity index is 2650. The van der Waals surface area contributed by atoms with Gasteiger partial charge in [0.2, 0.25) is 9.84 Å². The second-order valence-corrected chi connectivity index (χ2v) is 13.4. The van der Waals surface area contributed by atoms with E-state index in [4.69, 9.17) is 4.98 Å². The second kappa shape index (κ2) is 9.73. The van der Waals surface area contributed by atoms with E-state index in [0.717, 1.165) is 49.4 Å². The van der Waals surface area contributed by atoms with Gasteiger partial charge in [0, 0.05) is 5.56 Å².